The molecule has 1 heterocycles. The maximum atomic E-state index is 6.20. The van der Waals surface area contributed by atoms with Crippen LogP contribution in [0, 0.1) is 0 Å². The first-order chi connectivity index (χ1) is 11.4. The third-order valence-electron chi connectivity index (χ3n) is 4.98. The Morgan fingerprint density at radius 3 is 2.48 bits per heavy atom. The largest absolute Gasteiger partial charge is 0.455 e. The average molecular weight is 322 g/mol. The van der Waals surface area contributed by atoms with Crippen LogP contribution in [0.1, 0.15) is 43.6 Å². The third kappa shape index (κ3) is 2.81. The smallest absolute Gasteiger partial charge is 0.148 e. The molecular formula is C21H22OS. The van der Waals surface area contributed by atoms with Crippen LogP contribution >= 0.6 is 11.8 Å². The fourth-order valence-corrected chi connectivity index (χ4v) is 4.49. The summed E-state index contributed by atoms with van der Waals surface area (Å²) in [4.78, 5) is 1.27. The number of hydrogen-bond donors (Lipinski definition) is 0. The summed E-state index contributed by atoms with van der Waals surface area (Å²) in [5, 5.41) is 1.28. The van der Waals surface area contributed by atoms with Crippen LogP contribution in [-0.2, 0) is 0 Å². The SMILES string of the molecule is CSc1c(-c2ccccc2)oc2ccc(C3CCCCC3)cc12. The van der Waals surface area contributed by atoms with E-state index < -0.39 is 0 Å². The van der Waals surface area contributed by atoms with Crippen LogP contribution in [0.15, 0.2) is 57.8 Å². The fraction of sp³-hybridized carbons (Fsp3) is 0.333. The predicted molar refractivity (Wildman–Crippen MR) is 99.3 cm³/mol. The minimum Gasteiger partial charge on any atom is -0.455 e. The second kappa shape index (κ2) is 6.45. The first-order valence-electron chi connectivity index (χ1n) is 8.52. The van der Waals surface area contributed by atoms with E-state index in [0.717, 1.165) is 22.8 Å². The van der Waals surface area contributed by atoms with Crippen LogP contribution in [-0.4, -0.2) is 6.26 Å². The molecule has 118 valence electrons. The van der Waals surface area contributed by atoms with Crippen LogP contribution in [0.3, 0.4) is 0 Å². The van der Waals surface area contributed by atoms with Gasteiger partial charge in [-0.1, -0.05) is 55.7 Å². The summed E-state index contributed by atoms with van der Waals surface area (Å²) in [6.07, 6.45) is 8.97. The summed E-state index contributed by atoms with van der Waals surface area (Å²) in [6, 6.07) is 17.3. The van der Waals surface area contributed by atoms with Crippen LogP contribution < -0.4 is 0 Å². The van der Waals surface area contributed by atoms with Gasteiger partial charge in [0, 0.05) is 10.9 Å². The van der Waals surface area contributed by atoms with Crippen molar-refractivity contribution in [2.75, 3.05) is 6.26 Å². The quantitative estimate of drug-likeness (QED) is 0.488. The van der Waals surface area contributed by atoms with E-state index in [1.807, 2.05) is 6.07 Å². The molecule has 0 spiro atoms. The zero-order chi connectivity index (χ0) is 15.6. The normalized spacial score (nSPS) is 16.0. The topological polar surface area (TPSA) is 13.1 Å². The van der Waals surface area contributed by atoms with Gasteiger partial charge in [0.25, 0.3) is 0 Å². The molecular weight excluding hydrogens is 300 g/mol. The molecule has 0 amide bonds. The molecule has 0 unspecified atom stereocenters. The van der Waals surface area contributed by atoms with Crippen LogP contribution in [0.5, 0.6) is 0 Å². The first kappa shape index (κ1) is 14.9. The van der Waals surface area contributed by atoms with Crippen molar-refractivity contribution in [1.29, 1.82) is 0 Å². The number of thioether (sulfide) groups is 1. The molecule has 0 N–H and O–H groups in total. The van der Waals surface area contributed by atoms with Gasteiger partial charge in [0.1, 0.15) is 11.3 Å². The zero-order valence-corrected chi connectivity index (χ0v) is 14.4. The van der Waals surface area contributed by atoms with E-state index in [-0.39, 0.29) is 0 Å². The van der Waals surface area contributed by atoms with Gasteiger partial charge in [-0.05, 0) is 42.7 Å². The highest BCUT2D eigenvalue weighted by molar-refractivity contribution is 7.99. The summed E-state index contributed by atoms with van der Waals surface area (Å²) in [7, 11) is 0. The van der Waals surface area contributed by atoms with E-state index in [2.05, 4.69) is 48.7 Å². The molecule has 1 aromatic heterocycles. The van der Waals surface area contributed by atoms with E-state index >= 15 is 0 Å². The van der Waals surface area contributed by atoms with Crippen molar-refractivity contribution < 1.29 is 4.42 Å². The summed E-state index contributed by atoms with van der Waals surface area (Å²) >= 11 is 1.79. The Labute approximate surface area is 142 Å². The number of hydrogen-bond acceptors (Lipinski definition) is 2. The van der Waals surface area contributed by atoms with Crippen molar-refractivity contribution in [2.45, 2.75) is 42.9 Å². The summed E-state index contributed by atoms with van der Waals surface area (Å²) in [6.45, 7) is 0. The Balaban J connectivity index is 1.81. The fourth-order valence-electron chi connectivity index (χ4n) is 3.76. The van der Waals surface area contributed by atoms with E-state index in [0.29, 0.717) is 0 Å². The summed E-state index contributed by atoms with van der Waals surface area (Å²) < 4.78 is 6.20. The molecule has 4 rings (SSSR count). The Morgan fingerprint density at radius 1 is 0.957 bits per heavy atom. The lowest BCUT2D eigenvalue weighted by Crippen LogP contribution is -2.04. The molecule has 2 heteroatoms. The number of furan rings is 1. The Morgan fingerprint density at radius 2 is 1.74 bits per heavy atom. The number of benzene rings is 2. The lowest BCUT2D eigenvalue weighted by molar-refractivity contribution is 0.444. The highest BCUT2D eigenvalue weighted by Gasteiger charge is 2.19. The molecule has 0 aliphatic heterocycles. The van der Waals surface area contributed by atoms with Gasteiger partial charge in [-0.25, -0.2) is 0 Å². The van der Waals surface area contributed by atoms with E-state index in [1.165, 1.54) is 47.9 Å². The minimum atomic E-state index is 0.734. The molecule has 23 heavy (non-hydrogen) atoms. The number of rotatable bonds is 3. The lowest BCUT2D eigenvalue weighted by atomic mass is 9.84. The van der Waals surface area contributed by atoms with Crippen molar-refractivity contribution in [1.82, 2.24) is 0 Å². The molecule has 1 fully saturated rings. The standard InChI is InChI=1S/C21H22OS/c1-23-21-18-14-17(15-8-4-2-5-9-15)12-13-19(18)22-20(21)16-10-6-3-7-11-16/h3,6-7,10-15H,2,4-5,8-9H2,1H3. The summed E-state index contributed by atoms with van der Waals surface area (Å²) in [5.74, 6) is 1.74. The molecule has 2 aromatic carbocycles. The third-order valence-corrected chi connectivity index (χ3v) is 5.80. The van der Waals surface area contributed by atoms with Gasteiger partial charge in [-0.2, -0.15) is 0 Å². The molecule has 1 aliphatic carbocycles. The molecule has 1 saturated carbocycles. The second-order valence-corrected chi connectivity index (χ2v) is 7.24. The zero-order valence-electron chi connectivity index (χ0n) is 13.5. The van der Waals surface area contributed by atoms with Gasteiger partial charge < -0.3 is 4.42 Å². The molecule has 0 bridgehead atoms. The summed E-state index contributed by atoms with van der Waals surface area (Å²) in [5.41, 5.74) is 3.66. The molecule has 1 aliphatic rings. The van der Waals surface area contributed by atoms with Crippen LogP contribution in [0.25, 0.3) is 22.3 Å². The monoisotopic (exact) mass is 322 g/mol. The molecule has 1 nitrogen and oxygen atoms in total. The van der Waals surface area contributed by atoms with Crippen molar-refractivity contribution in [3.8, 4) is 11.3 Å². The maximum Gasteiger partial charge on any atom is 0.148 e. The molecule has 0 saturated heterocycles. The van der Waals surface area contributed by atoms with Crippen LogP contribution in [0.2, 0.25) is 0 Å². The Kier molecular flexibility index (Phi) is 4.17. The van der Waals surface area contributed by atoms with Gasteiger partial charge in [0.05, 0.1) is 4.90 Å². The van der Waals surface area contributed by atoms with Crippen molar-refractivity contribution >= 4 is 22.7 Å². The van der Waals surface area contributed by atoms with Gasteiger partial charge in [0.15, 0.2) is 0 Å². The van der Waals surface area contributed by atoms with Crippen LogP contribution in [0.4, 0.5) is 0 Å². The molecule has 0 radical (unpaired) electrons. The highest BCUT2D eigenvalue weighted by atomic mass is 32.2. The van der Waals surface area contributed by atoms with Gasteiger partial charge in [0.2, 0.25) is 0 Å². The average Bonchev–Trinajstić information content (AvgIpc) is 3.01. The Hall–Kier alpha value is -1.67. The van der Waals surface area contributed by atoms with E-state index in [4.69, 9.17) is 4.42 Å². The molecule has 3 aromatic rings. The van der Waals surface area contributed by atoms with Crippen molar-refractivity contribution in [3.05, 3.63) is 54.1 Å². The lowest BCUT2D eigenvalue weighted by Gasteiger charge is -2.21. The van der Waals surface area contributed by atoms with E-state index in [9.17, 15) is 0 Å². The maximum absolute atomic E-state index is 6.20. The number of fused-ring (bicyclic) bond motifs is 1. The Bertz CT molecular complexity index is 797. The second-order valence-electron chi connectivity index (χ2n) is 6.42. The van der Waals surface area contributed by atoms with Crippen molar-refractivity contribution in [3.63, 3.8) is 0 Å². The molecule has 0 atom stereocenters. The minimum absolute atomic E-state index is 0.734. The van der Waals surface area contributed by atoms with Gasteiger partial charge in [-0.3, -0.25) is 0 Å². The van der Waals surface area contributed by atoms with Gasteiger partial charge in [-0.15, -0.1) is 11.8 Å². The van der Waals surface area contributed by atoms with E-state index in [1.54, 1.807) is 11.8 Å². The van der Waals surface area contributed by atoms with Crippen molar-refractivity contribution in [2.24, 2.45) is 0 Å². The highest BCUT2D eigenvalue weighted by Crippen LogP contribution is 2.41. The predicted octanol–water partition coefficient (Wildman–Crippen LogP) is 6.87. The van der Waals surface area contributed by atoms with Gasteiger partial charge >= 0.3 is 0 Å². The first-order valence-corrected chi connectivity index (χ1v) is 9.75.